The number of rotatable bonds is 6. The molecule has 0 saturated carbocycles. The number of nitrogens with one attached hydrogen (secondary N) is 2. The van der Waals surface area contributed by atoms with E-state index in [0.29, 0.717) is 11.3 Å². The van der Waals surface area contributed by atoms with E-state index in [0.717, 1.165) is 0 Å². The number of hydrogen-bond acceptors (Lipinski definition) is 5. The normalized spacial score (nSPS) is 11.6. The predicted molar refractivity (Wildman–Crippen MR) is 105 cm³/mol. The maximum atomic E-state index is 12.7. The van der Waals surface area contributed by atoms with Crippen LogP contribution in [0.3, 0.4) is 0 Å². The minimum Gasteiger partial charge on any atom is -0.278 e. The van der Waals surface area contributed by atoms with Crippen molar-refractivity contribution < 1.29 is 13.2 Å². The first-order valence-corrected chi connectivity index (χ1v) is 9.61. The summed E-state index contributed by atoms with van der Waals surface area (Å²) in [7, 11) is -4.00. The van der Waals surface area contributed by atoms with Crippen molar-refractivity contribution in [1.29, 1.82) is 0 Å². The number of benzene rings is 3. The van der Waals surface area contributed by atoms with Crippen molar-refractivity contribution in [1.82, 2.24) is 4.72 Å². The highest BCUT2D eigenvalue weighted by molar-refractivity contribution is 7.90. The lowest BCUT2D eigenvalue weighted by molar-refractivity contribution is -0.113. The summed E-state index contributed by atoms with van der Waals surface area (Å²) in [5.41, 5.74) is 3.90. The van der Waals surface area contributed by atoms with Crippen LogP contribution < -0.4 is 10.1 Å². The second-order valence-corrected chi connectivity index (χ2v) is 7.23. The molecular weight excluding hydrogens is 362 g/mol. The maximum absolute atomic E-state index is 12.7. The summed E-state index contributed by atoms with van der Waals surface area (Å²) < 4.78 is 27.0. The van der Waals surface area contributed by atoms with Crippen molar-refractivity contribution in [2.45, 2.75) is 4.90 Å². The van der Waals surface area contributed by atoms with Gasteiger partial charge >= 0.3 is 0 Å². The van der Waals surface area contributed by atoms with Gasteiger partial charge in [-0.15, -0.1) is 0 Å². The number of hydrazone groups is 1. The standard InChI is InChI=1S/C20H17N3O3S/c24-20(23-27(25,26)18-14-8-3-9-15-18)19(16-10-4-1-5-11-16)22-21-17-12-6-2-7-13-17/h1-15,21H,(H,23,24)/b22-19+. The molecule has 6 nitrogen and oxygen atoms in total. The topological polar surface area (TPSA) is 87.6 Å². The van der Waals surface area contributed by atoms with Gasteiger partial charge in [-0.1, -0.05) is 66.7 Å². The lowest BCUT2D eigenvalue weighted by Crippen LogP contribution is -2.37. The number of nitrogens with zero attached hydrogens (tertiary/aromatic N) is 1. The molecule has 3 rings (SSSR count). The van der Waals surface area contributed by atoms with Crippen LogP contribution in [0.2, 0.25) is 0 Å². The third kappa shape index (κ3) is 4.80. The summed E-state index contributed by atoms with van der Waals surface area (Å²) in [6.07, 6.45) is 0. The minimum absolute atomic E-state index is 0.00165. The van der Waals surface area contributed by atoms with E-state index in [1.165, 1.54) is 12.1 Å². The highest BCUT2D eigenvalue weighted by Crippen LogP contribution is 2.10. The van der Waals surface area contributed by atoms with E-state index in [4.69, 9.17) is 0 Å². The molecule has 0 aliphatic rings. The van der Waals surface area contributed by atoms with Crippen LogP contribution in [0.25, 0.3) is 0 Å². The van der Waals surface area contributed by atoms with Crippen LogP contribution in [-0.2, 0) is 14.8 Å². The van der Waals surface area contributed by atoms with E-state index in [-0.39, 0.29) is 10.6 Å². The molecule has 0 aromatic heterocycles. The lowest BCUT2D eigenvalue weighted by atomic mass is 10.1. The van der Waals surface area contributed by atoms with E-state index in [1.807, 2.05) is 18.2 Å². The molecular formula is C20H17N3O3S. The van der Waals surface area contributed by atoms with E-state index >= 15 is 0 Å². The Hall–Kier alpha value is -3.45. The molecule has 0 heterocycles. The molecule has 2 N–H and O–H groups in total. The Bertz CT molecular complexity index is 1040. The number of sulfonamides is 1. The fraction of sp³-hybridized carbons (Fsp3) is 0. The molecule has 0 fully saturated rings. The number of carbonyl (C=O) groups excluding carboxylic acids is 1. The number of para-hydroxylation sites is 1. The zero-order valence-corrected chi connectivity index (χ0v) is 15.1. The van der Waals surface area contributed by atoms with Gasteiger partial charge in [0, 0.05) is 5.56 Å². The molecule has 136 valence electrons. The highest BCUT2D eigenvalue weighted by Gasteiger charge is 2.22. The van der Waals surface area contributed by atoms with Crippen molar-refractivity contribution in [3.8, 4) is 0 Å². The van der Waals surface area contributed by atoms with Crippen LogP contribution in [-0.4, -0.2) is 20.0 Å². The van der Waals surface area contributed by atoms with Crippen LogP contribution >= 0.6 is 0 Å². The SMILES string of the molecule is O=C(NS(=O)(=O)c1ccccc1)/C(=N/Nc1ccccc1)c1ccccc1. The summed E-state index contributed by atoms with van der Waals surface area (Å²) in [6, 6.07) is 25.4. The lowest BCUT2D eigenvalue weighted by Gasteiger charge is -2.10. The zero-order chi connectivity index (χ0) is 19.1. The van der Waals surface area contributed by atoms with Crippen LogP contribution in [0.15, 0.2) is 101 Å². The van der Waals surface area contributed by atoms with Gasteiger partial charge in [0.05, 0.1) is 10.6 Å². The van der Waals surface area contributed by atoms with E-state index in [2.05, 4.69) is 15.2 Å². The number of amides is 1. The smallest absolute Gasteiger partial charge is 0.278 e. The Kier molecular flexibility index (Phi) is 5.63. The highest BCUT2D eigenvalue weighted by atomic mass is 32.2. The molecule has 3 aromatic rings. The molecule has 0 aliphatic carbocycles. The van der Waals surface area contributed by atoms with Gasteiger partial charge in [-0.3, -0.25) is 10.2 Å². The average molecular weight is 379 g/mol. The molecule has 27 heavy (non-hydrogen) atoms. The summed E-state index contributed by atoms with van der Waals surface area (Å²) in [5, 5.41) is 4.13. The Morgan fingerprint density at radius 3 is 1.85 bits per heavy atom. The molecule has 1 amide bonds. The van der Waals surface area contributed by atoms with E-state index in [9.17, 15) is 13.2 Å². The van der Waals surface area contributed by atoms with E-state index < -0.39 is 15.9 Å². The molecule has 0 spiro atoms. The largest absolute Gasteiger partial charge is 0.286 e. The van der Waals surface area contributed by atoms with Gasteiger partial charge in [0.25, 0.3) is 15.9 Å². The zero-order valence-electron chi connectivity index (χ0n) is 14.2. The van der Waals surface area contributed by atoms with Crippen molar-refractivity contribution in [3.05, 3.63) is 96.6 Å². The molecule has 0 aliphatic heterocycles. The molecule has 0 unspecified atom stereocenters. The minimum atomic E-state index is -4.00. The molecule has 0 bridgehead atoms. The monoisotopic (exact) mass is 379 g/mol. The van der Waals surface area contributed by atoms with Crippen LogP contribution in [0.1, 0.15) is 5.56 Å². The summed E-state index contributed by atoms with van der Waals surface area (Å²) in [6.45, 7) is 0. The van der Waals surface area contributed by atoms with Gasteiger partial charge in [-0.25, -0.2) is 13.1 Å². The number of hydrogen-bond donors (Lipinski definition) is 2. The molecule has 0 saturated heterocycles. The Balaban J connectivity index is 1.90. The van der Waals surface area contributed by atoms with Crippen molar-refractivity contribution >= 4 is 27.3 Å². The second-order valence-electron chi connectivity index (χ2n) is 5.55. The van der Waals surface area contributed by atoms with Crippen LogP contribution in [0, 0.1) is 0 Å². The van der Waals surface area contributed by atoms with Gasteiger partial charge in [0.15, 0.2) is 5.71 Å². The second kappa shape index (κ2) is 8.29. The average Bonchev–Trinajstić information content (AvgIpc) is 2.70. The fourth-order valence-corrected chi connectivity index (χ4v) is 3.28. The molecule has 3 aromatic carbocycles. The van der Waals surface area contributed by atoms with Crippen molar-refractivity contribution in [3.63, 3.8) is 0 Å². The number of carbonyl (C=O) groups is 1. The van der Waals surface area contributed by atoms with Gasteiger partial charge in [-0.05, 0) is 24.3 Å². The third-order valence-corrected chi connectivity index (χ3v) is 4.96. The Morgan fingerprint density at radius 1 is 0.741 bits per heavy atom. The Labute approximate surface area is 157 Å². The van der Waals surface area contributed by atoms with Gasteiger partial charge in [-0.2, -0.15) is 5.10 Å². The van der Waals surface area contributed by atoms with Crippen LogP contribution in [0.4, 0.5) is 5.69 Å². The summed E-state index contributed by atoms with van der Waals surface area (Å²) >= 11 is 0. The third-order valence-electron chi connectivity index (χ3n) is 3.61. The predicted octanol–water partition coefficient (Wildman–Crippen LogP) is 3.01. The fourth-order valence-electron chi connectivity index (χ4n) is 2.30. The van der Waals surface area contributed by atoms with Crippen molar-refractivity contribution in [2.24, 2.45) is 5.10 Å². The summed E-state index contributed by atoms with van der Waals surface area (Å²) in [5.74, 6) is -0.825. The molecule has 0 radical (unpaired) electrons. The molecule has 7 heteroatoms. The molecule has 0 atom stereocenters. The first-order valence-electron chi connectivity index (χ1n) is 8.12. The van der Waals surface area contributed by atoms with Crippen LogP contribution in [0.5, 0.6) is 0 Å². The first-order chi connectivity index (χ1) is 13.1. The number of anilines is 1. The van der Waals surface area contributed by atoms with Gasteiger partial charge in [0.1, 0.15) is 0 Å². The van der Waals surface area contributed by atoms with Gasteiger partial charge in [0.2, 0.25) is 0 Å². The maximum Gasteiger partial charge on any atom is 0.286 e. The summed E-state index contributed by atoms with van der Waals surface area (Å²) in [4.78, 5) is 12.7. The first kappa shape index (κ1) is 18.3. The van der Waals surface area contributed by atoms with Gasteiger partial charge < -0.3 is 0 Å². The van der Waals surface area contributed by atoms with Crippen molar-refractivity contribution in [2.75, 3.05) is 5.43 Å². The van der Waals surface area contributed by atoms with E-state index in [1.54, 1.807) is 60.7 Å². The Morgan fingerprint density at radius 2 is 1.26 bits per heavy atom. The quantitative estimate of drug-likeness (QED) is 0.509.